The number of ether oxygens (including phenoxy) is 1. The largest absolute Gasteiger partial charge is 0.465 e. The summed E-state index contributed by atoms with van der Waals surface area (Å²) in [6, 6.07) is 13.7. The van der Waals surface area contributed by atoms with Crippen LogP contribution in [0.15, 0.2) is 42.5 Å². The molecule has 1 saturated heterocycles. The summed E-state index contributed by atoms with van der Waals surface area (Å²) in [5, 5.41) is 12.7. The molecule has 0 unspecified atom stereocenters. The second-order valence-corrected chi connectivity index (χ2v) is 5.27. The van der Waals surface area contributed by atoms with Crippen LogP contribution in [0.4, 0.5) is 0 Å². The molecule has 1 fully saturated rings. The van der Waals surface area contributed by atoms with Gasteiger partial charge >= 0.3 is 5.97 Å². The number of hydrogen-bond acceptors (Lipinski definition) is 3. The van der Waals surface area contributed by atoms with E-state index >= 15 is 0 Å². The molecule has 2 aromatic rings. The predicted octanol–water partition coefficient (Wildman–Crippen LogP) is 2.83. The summed E-state index contributed by atoms with van der Waals surface area (Å²) in [6.07, 6.45) is -0.287. The van der Waals surface area contributed by atoms with Gasteiger partial charge in [0.05, 0.1) is 18.1 Å². The van der Waals surface area contributed by atoms with Gasteiger partial charge in [0, 0.05) is 6.42 Å². The van der Waals surface area contributed by atoms with Crippen LogP contribution in [-0.4, -0.2) is 17.7 Å². The van der Waals surface area contributed by atoms with E-state index < -0.39 is 11.5 Å². The molecule has 0 bridgehead atoms. The van der Waals surface area contributed by atoms with Crippen molar-refractivity contribution in [2.24, 2.45) is 5.41 Å². The van der Waals surface area contributed by atoms with E-state index in [1.165, 1.54) is 0 Å². The average molecular weight is 256 g/mol. The van der Waals surface area contributed by atoms with Crippen LogP contribution in [0.2, 0.25) is 0 Å². The number of carbonyl (C=O) groups is 1. The quantitative estimate of drug-likeness (QED) is 0.840. The normalized spacial score (nSPS) is 24.4. The fourth-order valence-electron chi connectivity index (χ4n) is 2.70. The standard InChI is InChI=1S/C16H16O3/c1-16(9-10-19-15(16)18)14(17)13-8-4-6-11-5-2-3-7-12(11)13/h2-8,14,17H,9-10H2,1H3/t14-,16-/m1/s1. The number of cyclic esters (lactones) is 1. The first-order valence-corrected chi connectivity index (χ1v) is 6.46. The van der Waals surface area contributed by atoms with Crippen molar-refractivity contribution < 1.29 is 14.6 Å². The summed E-state index contributed by atoms with van der Waals surface area (Å²) in [5.41, 5.74) is -0.0520. The highest BCUT2D eigenvalue weighted by Crippen LogP contribution is 2.43. The van der Waals surface area contributed by atoms with E-state index in [-0.39, 0.29) is 5.97 Å². The van der Waals surface area contributed by atoms with Crippen LogP contribution in [0.5, 0.6) is 0 Å². The van der Waals surface area contributed by atoms with Crippen LogP contribution >= 0.6 is 0 Å². The van der Waals surface area contributed by atoms with Crippen LogP contribution in [0.1, 0.15) is 25.0 Å². The van der Waals surface area contributed by atoms with Gasteiger partial charge in [-0.1, -0.05) is 42.5 Å². The minimum Gasteiger partial charge on any atom is -0.465 e. The van der Waals surface area contributed by atoms with E-state index in [1.54, 1.807) is 6.92 Å². The summed E-state index contributed by atoms with van der Waals surface area (Å²) < 4.78 is 5.02. The van der Waals surface area contributed by atoms with E-state index in [1.807, 2.05) is 42.5 Å². The summed E-state index contributed by atoms with van der Waals surface area (Å²) in [4.78, 5) is 11.9. The Morgan fingerprint density at radius 2 is 1.95 bits per heavy atom. The van der Waals surface area contributed by atoms with Gasteiger partial charge in [-0.05, 0) is 23.3 Å². The molecule has 98 valence electrons. The number of aliphatic hydroxyl groups is 1. The van der Waals surface area contributed by atoms with Gasteiger partial charge in [0.2, 0.25) is 0 Å². The Morgan fingerprint density at radius 1 is 1.21 bits per heavy atom. The maximum absolute atomic E-state index is 11.9. The molecule has 0 radical (unpaired) electrons. The molecular weight excluding hydrogens is 240 g/mol. The lowest BCUT2D eigenvalue weighted by Gasteiger charge is -2.27. The van der Waals surface area contributed by atoms with Crippen molar-refractivity contribution in [2.45, 2.75) is 19.4 Å². The van der Waals surface area contributed by atoms with Gasteiger partial charge in [0.1, 0.15) is 0 Å². The number of hydrogen-bond donors (Lipinski definition) is 1. The number of rotatable bonds is 2. The maximum Gasteiger partial charge on any atom is 0.314 e. The highest BCUT2D eigenvalue weighted by molar-refractivity contribution is 5.87. The zero-order valence-corrected chi connectivity index (χ0v) is 10.8. The third kappa shape index (κ3) is 1.81. The highest BCUT2D eigenvalue weighted by Gasteiger charge is 2.47. The zero-order chi connectivity index (χ0) is 13.5. The molecule has 3 rings (SSSR count). The lowest BCUT2D eigenvalue weighted by molar-refractivity contribution is -0.150. The zero-order valence-electron chi connectivity index (χ0n) is 10.8. The number of benzene rings is 2. The number of carbonyl (C=O) groups excluding carboxylic acids is 1. The Kier molecular flexibility index (Phi) is 2.79. The SMILES string of the molecule is C[C@]1([C@H](O)c2cccc3ccccc23)CCOC1=O. The molecule has 0 amide bonds. The molecule has 1 N–H and O–H groups in total. The van der Waals surface area contributed by atoms with E-state index in [0.29, 0.717) is 13.0 Å². The summed E-state index contributed by atoms with van der Waals surface area (Å²) in [5.74, 6) is -0.312. The number of fused-ring (bicyclic) bond motifs is 1. The summed E-state index contributed by atoms with van der Waals surface area (Å²) in [7, 11) is 0. The molecular formula is C16H16O3. The second-order valence-electron chi connectivity index (χ2n) is 5.27. The van der Waals surface area contributed by atoms with Crippen molar-refractivity contribution in [3.8, 4) is 0 Å². The first-order valence-electron chi connectivity index (χ1n) is 6.46. The lowest BCUT2D eigenvalue weighted by atomic mass is 9.78. The minimum atomic E-state index is -0.843. The molecule has 3 heteroatoms. The number of esters is 1. The van der Waals surface area contributed by atoms with Crippen molar-refractivity contribution in [3.05, 3.63) is 48.0 Å². The van der Waals surface area contributed by atoms with Gasteiger partial charge in [-0.25, -0.2) is 0 Å². The Balaban J connectivity index is 2.12. The monoisotopic (exact) mass is 256 g/mol. The van der Waals surface area contributed by atoms with Gasteiger partial charge < -0.3 is 9.84 Å². The van der Waals surface area contributed by atoms with Gasteiger partial charge in [-0.15, -0.1) is 0 Å². The van der Waals surface area contributed by atoms with Gasteiger partial charge in [-0.3, -0.25) is 4.79 Å². The fraction of sp³-hybridized carbons (Fsp3) is 0.312. The van der Waals surface area contributed by atoms with E-state index in [4.69, 9.17) is 4.74 Å². The van der Waals surface area contributed by atoms with Crippen molar-refractivity contribution in [2.75, 3.05) is 6.61 Å². The molecule has 1 aliphatic heterocycles. The van der Waals surface area contributed by atoms with Crippen LogP contribution in [0, 0.1) is 5.41 Å². The summed E-state index contributed by atoms with van der Waals surface area (Å²) >= 11 is 0. The smallest absolute Gasteiger partial charge is 0.314 e. The molecule has 2 atom stereocenters. The molecule has 0 saturated carbocycles. The lowest BCUT2D eigenvalue weighted by Crippen LogP contribution is -2.30. The Morgan fingerprint density at radius 3 is 2.68 bits per heavy atom. The molecule has 0 spiro atoms. The van der Waals surface area contributed by atoms with E-state index in [9.17, 15) is 9.90 Å². The highest BCUT2D eigenvalue weighted by atomic mass is 16.5. The van der Waals surface area contributed by atoms with Gasteiger partial charge in [-0.2, -0.15) is 0 Å². The van der Waals surface area contributed by atoms with Crippen LogP contribution < -0.4 is 0 Å². The molecule has 1 aliphatic rings. The average Bonchev–Trinajstić information content (AvgIpc) is 2.78. The molecule has 3 nitrogen and oxygen atoms in total. The van der Waals surface area contributed by atoms with E-state index in [2.05, 4.69) is 0 Å². The molecule has 19 heavy (non-hydrogen) atoms. The third-order valence-electron chi connectivity index (χ3n) is 4.04. The van der Waals surface area contributed by atoms with Crippen molar-refractivity contribution in [1.29, 1.82) is 0 Å². The first-order chi connectivity index (χ1) is 9.13. The minimum absolute atomic E-state index is 0.312. The topological polar surface area (TPSA) is 46.5 Å². The molecule has 0 aliphatic carbocycles. The molecule has 2 aromatic carbocycles. The van der Waals surface area contributed by atoms with E-state index in [0.717, 1.165) is 16.3 Å². The first kappa shape index (κ1) is 12.2. The Hall–Kier alpha value is -1.87. The Bertz CT molecular complexity index is 629. The summed E-state index contributed by atoms with van der Waals surface area (Å²) in [6.45, 7) is 2.16. The number of aliphatic hydroxyl groups excluding tert-OH is 1. The van der Waals surface area contributed by atoms with Crippen LogP contribution in [0.3, 0.4) is 0 Å². The third-order valence-corrected chi connectivity index (χ3v) is 4.04. The Labute approximate surface area is 111 Å². The predicted molar refractivity (Wildman–Crippen MR) is 72.6 cm³/mol. The van der Waals surface area contributed by atoms with Crippen molar-refractivity contribution in [1.82, 2.24) is 0 Å². The van der Waals surface area contributed by atoms with Crippen LogP contribution in [0.25, 0.3) is 10.8 Å². The van der Waals surface area contributed by atoms with Gasteiger partial charge in [0.15, 0.2) is 0 Å². The van der Waals surface area contributed by atoms with Crippen molar-refractivity contribution >= 4 is 16.7 Å². The molecule has 0 aromatic heterocycles. The van der Waals surface area contributed by atoms with Gasteiger partial charge in [0.25, 0.3) is 0 Å². The van der Waals surface area contributed by atoms with Crippen LogP contribution in [-0.2, 0) is 9.53 Å². The second kappa shape index (κ2) is 4.35. The maximum atomic E-state index is 11.9. The molecule has 1 heterocycles. The fourth-order valence-corrected chi connectivity index (χ4v) is 2.70. The van der Waals surface area contributed by atoms with Crippen molar-refractivity contribution in [3.63, 3.8) is 0 Å².